The number of unbranched alkanes of at least 4 members (excludes halogenated alkanes) is 1. The van der Waals surface area contributed by atoms with Gasteiger partial charge in [-0.25, -0.2) is 4.79 Å². The lowest BCUT2D eigenvalue weighted by Gasteiger charge is -2.51. The van der Waals surface area contributed by atoms with Crippen molar-refractivity contribution in [3.05, 3.63) is 59.7 Å². The number of alkyl carbamates (subject to hydrolysis) is 1. The number of piperidine rings is 1. The lowest BCUT2D eigenvalue weighted by Crippen LogP contribution is -2.72. The van der Waals surface area contributed by atoms with Crippen LogP contribution < -0.4 is 20.1 Å². The number of ether oxygens (including phenoxy) is 3. The van der Waals surface area contributed by atoms with Gasteiger partial charge in [-0.1, -0.05) is 49.4 Å². The van der Waals surface area contributed by atoms with E-state index in [4.69, 9.17) is 14.2 Å². The summed E-state index contributed by atoms with van der Waals surface area (Å²) in [5.41, 5.74) is 1.20. The van der Waals surface area contributed by atoms with Crippen molar-refractivity contribution in [2.45, 2.75) is 70.2 Å². The summed E-state index contributed by atoms with van der Waals surface area (Å²) in [6.07, 6.45) is 3.44. The number of hydrogen-bond acceptors (Lipinski definition) is 7. The number of carbonyl (C=O) groups excluding carboxylic acids is 3. The molecule has 2 fully saturated rings. The van der Waals surface area contributed by atoms with Crippen LogP contribution in [0.25, 0.3) is 0 Å². The van der Waals surface area contributed by atoms with E-state index in [-0.39, 0.29) is 37.6 Å². The van der Waals surface area contributed by atoms with Crippen LogP contribution in [0.4, 0.5) is 4.79 Å². The molecule has 11 heteroatoms. The van der Waals surface area contributed by atoms with Crippen molar-refractivity contribution >= 4 is 30.3 Å². The Morgan fingerprint density at radius 1 is 1.07 bits per heavy atom. The molecule has 0 saturated carbocycles. The van der Waals surface area contributed by atoms with E-state index in [1.807, 2.05) is 60.4 Å². The first-order chi connectivity index (χ1) is 20.0. The van der Waals surface area contributed by atoms with Crippen molar-refractivity contribution in [3.8, 4) is 11.5 Å². The number of halogens is 1. The zero-order chi connectivity index (χ0) is 28.7. The van der Waals surface area contributed by atoms with Crippen LogP contribution in [0, 0.1) is 0 Å². The lowest BCUT2D eigenvalue weighted by molar-refractivity contribution is -0.161. The average Bonchev–Trinajstić information content (AvgIpc) is 3.48. The number of nitrogens with zero attached hydrogens (tertiary/aromatic N) is 2. The quantitative estimate of drug-likeness (QED) is 0.375. The number of rotatable bonds is 11. The predicted molar refractivity (Wildman–Crippen MR) is 159 cm³/mol. The van der Waals surface area contributed by atoms with Crippen LogP contribution in [0.2, 0.25) is 0 Å². The van der Waals surface area contributed by atoms with Crippen LogP contribution in [-0.4, -0.2) is 72.3 Å². The molecule has 0 aliphatic carbocycles. The lowest BCUT2D eigenvalue weighted by atomic mass is 9.81. The molecule has 2 N–H and O–H groups in total. The molecule has 1 spiro atoms. The summed E-state index contributed by atoms with van der Waals surface area (Å²) < 4.78 is 16.4. The summed E-state index contributed by atoms with van der Waals surface area (Å²) in [5, 5.41) is 5.81. The highest BCUT2D eigenvalue weighted by atomic mass is 35.5. The van der Waals surface area contributed by atoms with Gasteiger partial charge < -0.3 is 29.7 Å². The summed E-state index contributed by atoms with van der Waals surface area (Å²) in [7, 11) is 0. The highest BCUT2D eigenvalue weighted by Gasteiger charge is 2.53. The second-order valence-corrected chi connectivity index (χ2v) is 11.0. The highest BCUT2D eigenvalue weighted by molar-refractivity contribution is 6.00. The molecule has 3 aliphatic heterocycles. The smallest absolute Gasteiger partial charge is 0.407 e. The molecule has 0 aromatic heterocycles. The summed E-state index contributed by atoms with van der Waals surface area (Å²) in [6.45, 7) is 5.64. The number of nitrogens with one attached hydrogen (secondary N) is 2. The van der Waals surface area contributed by atoms with Crippen LogP contribution >= 0.6 is 12.4 Å². The van der Waals surface area contributed by atoms with Gasteiger partial charge in [-0.2, -0.15) is 0 Å². The zero-order valence-electron chi connectivity index (χ0n) is 24.1. The Kier molecular flexibility index (Phi) is 10.9. The van der Waals surface area contributed by atoms with E-state index in [2.05, 4.69) is 15.5 Å². The average molecular weight is 601 g/mol. The van der Waals surface area contributed by atoms with Crippen LogP contribution in [-0.2, 0) is 27.5 Å². The van der Waals surface area contributed by atoms with E-state index in [0.717, 1.165) is 29.0 Å². The van der Waals surface area contributed by atoms with Crippen molar-refractivity contribution in [3.63, 3.8) is 0 Å². The standard InChI is InChI=1S/C31H40N4O6.ClH/c1-2-17-35-28(36)25(12-6-7-16-32-30(38)39-21-23-9-4-3-5-10-23)33-29(37)31(35)14-18-34(19-15-31)20-24-11-8-13-26-27(24)41-22-40-26;/h3-5,8-11,13,25H,2,6-7,12,14-22H2,1H3,(H,32,38)(H,33,37);1H/t25-;/m0./s1. The Bertz CT molecular complexity index is 1220. The Labute approximate surface area is 253 Å². The third-order valence-corrected chi connectivity index (χ3v) is 8.21. The summed E-state index contributed by atoms with van der Waals surface area (Å²) in [4.78, 5) is 43.3. The van der Waals surface area contributed by atoms with E-state index >= 15 is 0 Å². The van der Waals surface area contributed by atoms with E-state index < -0.39 is 17.7 Å². The van der Waals surface area contributed by atoms with Gasteiger partial charge in [0, 0.05) is 38.3 Å². The maximum atomic E-state index is 13.6. The van der Waals surface area contributed by atoms with Crippen molar-refractivity contribution in [2.75, 3.05) is 33.0 Å². The number of amides is 3. The molecule has 3 aliphatic rings. The molecular formula is C31H41ClN4O6. The SMILES string of the molecule is CCCN1C(=O)[C@H](CCCCNC(=O)OCc2ccccc2)NC(=O)C12CCN(Cc1cccc3c1OCO3)CC2.Cl. The molecule has 3 heterocycles. The Hall–Kier alpha value is -3.50. The molecule has 5 rings (SSSR count). The number of para-hydroxylation sites is 1. The second-order valence-electron chi connectivity index (χ2n) is 11.0. The topological polar surface area (TPSA) is 109 Å². The van der Waals surface area contributed by atoms with Gasteiger partial charge in [0.25, 0.3) is 0 Å². The normalized spacial score (nSPS) is 19.3. The largest absolute Gasteiger partial charge is 0.454 e. The number of piperazine rings is 1. The summed E-state index contributed by atoms with van der Waals surface area (Å²) >= 11 is 0. The van der Waals surface area contributed by atoms with Crippen LogP contribution in [0.15, 0.2) is 48.5 Å². The molecular weight excluding hydrogens is 560 g/mol. The van der Waals surface area contributed by atoms with Gasteiger partial charge in [-0.15, -0.1) is 12.4 Å². The van der Waals surface area contributed by atoms with E-state index in [0.29, 0.717) is 64.8 Å². The Morgan fingerprint density at radius 3 is 2.62 bits per heavy atom. The third kappa shape index (κ3) is 7.10. The van der Waals surface area contributed by atoms with Gasteiger partial charge in [-0.05, 0) is 50.2 Å². The number of carbonyl (C=O) groups is 3. The zero-order valence-corrected chi connectivity index (χ0v) is 25.0. The monoisotopic (exact) mass is 600 g/mol. The fraction of sp³-hybridized carbons (Fsp3) is 0.516. The minimum Gasteiger partial charge on any atom is -0.454 e. The predicted octanol–water partition coefficient (Wildman–Crippen LogP) is 4.01. The van der Waals surface area contributed by atoms with E-state index in [1.54, 1.807) is 0 Å². The fourth-order valence-corrected chi connectivity index (χ4v) is 5.99. The minimum atomic E-state index is -0.803. The molecule has 2 aromatic carbocycles. The van der Waals surface area contributed by atoms with Gasteiger partial charge >= 0.3 is 6.09 Å². The van der Waals surface area contributed by atoms with Gasteiger partial charge in [0.05, 0.1) is 0 Å². The van der Waals surface area contributed by atoms with Crippen LogP contribution in [0.3, 0.4) is 0 Å². The fourth-order valence-electron chi connectivity index (χ4n) is 5.99. The van der Waals surface area contributed by atoms with Crippen LogP contribution in [0.1, 0.15) is 56.6 Å². The molecule has 10 nitrogen and oxygen atoms in total. The number of hydrogen-bond donors (Lipinski definition) is 2. The summed E-state index contributed by atoms with van der Waals surface area (Å²) in [6, 6.07) is 14.9. The van der Waals surface area contributed by atoms with Crippen LogP contribution in [0.5, 0.6) is 11.5 Å². The molecule has 228 valence electrons. The molecule has 42 heavy (non-hydrogen) atoms. The first-order valence-electron chi connectivity index (χ1n) is 14.7. The van der Waals surface area contributed by atoms with Crippen molar-refractivity contribution in [1.82, 2.24) is 20.4 Å². The Balaban J connectivity index is 0.00000405. The molecule has 0 radical (unpaired) electrons. The maximum Gasteiger partial charge on any atom is 0.407 e. The molecule has 0 unspecified atom stereocenters. The molecule has 2 saturated heterocycles. The molecule has 2 aromatic rings. The van der Waals surface area contributed by atoms with E-state index in [1.165, 1.54) is 0 Å². The Morgan fingerprint density at radius 2 is 1.86 bits per heavy atom. The number of benzene rings is 2. The van der Waals surface area contributed by atoms with Gasteiger partial charge in [0.1, 0.15) is 18.2 Å². The van der Waals surface area contributed by atoms with Crippen molar-refractivity contribution < 1.29 is 28.6 Å². The van der Waals surface area contributed by atoms with Crippen molar-refractivity contribution in [2.24, 2.45) is 0 Å². The third-order valence-electron chi connectivity index (χ3n) is 8.21. The van der Waals surface area contributed by atoms with E-state index in [9.17, 15) is 14.4 Å². The van der Waals surface area contributed by atoms with Gasteiger partial charge in [0.15, 0.2) is 11.5 Å². The maximum absolute atomic E-state index is 13.6. The first kappa shape index (κ1) is 31.4. The highest BCUT2D eigenvalue weighted by Crippen LogP contribution is 2.38. The van der Waals surface area contributed by atoms with Gasteiger partial charge in [0.2, 0.25) is 18.6 Å². The molecule has 0 bridgehead atoms. The number of fused-ring (bicyclic) bond motifs is 1. The van der Waals surface area contributed by atoms with Crippen molar-refractivity contribution in [1.29, 1.82) is 0 Å². The number of likely N-dealkylation sites (tertiary alicyclic amines) is 1. The summed E-state index contributed by atoms with van der Waals surface area (Å²) in [5.74, 6) is 1.52. The molecule has 1 atom stereocenters. The first-order valence-corrected chi connectivity index (χ1v) is 14.7. The second kappa shape index (κ2) is 14.6. The van der Waals surface area contributed by atoms with Gasteiger partial charge in [-0.3, -0.25) is 14.5 Å². The molecule has 3 amide bonds. The minimum absolute atomic E-state index is 0.